The van der Waals surface area contributed by atoms with Crippen LogP contribution in [0.5, 0.6) is 11.5 Å². The highest BCUT2D eigenvalue weighted by Crippen LogP contribution is 2.33. The van der Waals surface area contributed by atoms with E-state index in [2.05, 4.69) is 10.3 Å². The zero-order chi connectivity index (χ0) is 17.8. The molecular formula is C17H15N3O4S. The highest BCUT2D eigenvalue weighted by atomic mass is 32.1. The van der Waals surface area contributed by atoms with Crippen molar-refractivity contribution in [3.63, 3.8) is 0 Å². The van der Waals surface area contributed by atoms with Crippen LogP contribution in [-0.2, 0) is 0 Å². The molecule has 3 aromatic rings. The van der Waals surface area contributed by atoms with E-state index in [1.165, 1.54) is 35.9 Å². The van der Waals surface area contributed by atoms with Crippen LogP contribution in [0.4, 0.5) is 5.13 Å². The summed E-state index contributed by atoms with van der Waals surface area (Å²) in [6.07, 6.45) is 2.54. The van der Waals surface area contributed by atoms with Crippen molar-refractivity contribution in [3.05, 3.63) is 58.9 Å². The first-order chi connectivity index (χ1) is 12.1. The van der Waals surface area contributed by atoms with Crippen LogP contribution in [-0.4, -0.2) is 25.1 Å². The van der Waals surface area contributed by atoms with E-state index in [9.17, 15) is 10.0 Å². The molecular weight excluding hydrogens is 342 g/mol. The van der Waals surface area contributed by atoms with Gasteiger partial charge in [0.25, 0.3) is 5.91 Å². The van der Waals surface area contributed by atoms with Gasteiger partial charge in [0.05, 0.1) is 25.5 Å². The highest BCUT2D eigenvalue weighted by molar-refractivity contribution is 7.14. The van der Waals surface area contributed by atoms with Gasteiger partial charge in [0, 0.05) is 23.1 Å². The Bertz CT molecular complexity index is 893. The zero-order valence-electron chi connectivity index (χ0n) is 13.6. The first kappa shape index (κ1) is 16.7. The Kier molecular flexibility index (Phi) is 4.80. The van der Waals surface area contributed by atoms with Crippen molar-refractivity contribution >= 4 is 22.4 Å². The molecule has 0 radical (unpaired) electrons. The lowest BCUT2D eigenvalue weighted by molar-refractivity contribution is -0.605. The SMILES string of the molecule is COc1ccc(-c2csc(NC(=O)c3cc[n+]([O-])cc3)n2)cc1OC. The smallest absolute Gasteiger partial charge is 0.257 e. The van der Waals surface area contributed by atoms with Gasteiger partial charge in [-0.2, -0.15) is 4.73 Å². The number of ether oxygens (including phenoxy) is 2. The van der Waals surface area contributed by atoms with Crippen LogP contribution in [0, 0.1) is 5.21 Å². The van der Waals surface area contributed by atoms with Crippen LogP contribution in [0.3, 0.4) is 0 Å². The molecule has 1 amide bonds. The third-order valence-electron chi connectivity index (χ3n) is 3.47. The Labute approximate surface area is 148 Å². The Morgan fingerprint density at radius 3 is 2.56 bits per heavy atom. The highest BCUT2D eigenvalue weighted by Gasteiger charge is 2.12. The number of amides is 1. The van der Waals surface area contributed by atoms with Crippen LogP contribution in [0.15, 0.2) is 48.1 Å². The molecule has 0 bridgehead atoms. The van der Waals surface area contributed by atoms with Crippen LogP contribution >= 0.6 is 11.3 Å². The first-order valence-corrected chi connectivity index (χ1v) is 8.17. The summed E-state index contributed by atoms with van der Waals surface area (Å²) in [6, 6.07) is 8.39. The van der Waals surface area contributed by atoms with Gasteiger partial charge in [0.1, 0.15) is 0 Å². The zero-order valence-corrected chi connectivity index (χ0v) is 14.4. The van der Waals surface area contributed by atoms with Crippen molar-refractivity contribution in [2.75, 3.05) is 19.5 Å². The van der Waals surface area contributed by atoms with Gasteiger partial charge in [-0.05, 0) is 18.2 Å². The number of rotatable bonds is 5. The Morgan fingerprint density at radius 2 is 1.88 bits per heavy atom. The number of hydrogen-bond acceptors (Lipinski definition) is 6. The van der Waals surface area contributed by atoms with Crippen LogP contribution in [0.1, 0.15) is 10.4 Å². The van der Waals surface area contributed by atoms with Crippen molar-refractivity contribution in [1.82, 2.24) is 4.98 Å². The van der Waals surface area contributed by atoms with Gasteiger partial charge >= 0.3 is 0 Å². The minimum absolute atomic E-state index is 0.325. The molecule has 0 aliphatic heterocycles. The number of hydrogen-bond donors (Lipinski definition) is 1. The van der Waals surface area contributed by atoms with E-state index in [1.807, 2.05) is 17.5 Å². The fraction of sp³-hybridized carbons (Fsp3) is 0.118. The van der Waals surface area contributed by atoms with Gasteiger partial charge in [0.15, 0.2) is 29.0 Å². The number of aromatic nitrogens is 2. The van der Waals surface area contributed by atoms with Crippen molar-refractivity contribution in [3.8, 4) is 22.8 Å². The van der Waals surface area contributed by atoms with E-state index < -0.39 is 0 Å². The molecule has 2 aromatic heterocycles. The molecule has 1 aromatic carbocycles. The molecule has 0 unspecified atom stereocenters. The lowest BCUT2D eigenvalue weighted by Gasteiger charge is -2.08. The second-order valence-electron chi connectivity index (χ2n) is 5.01. The Balaban J connectivity index is 1.78. The lowest BCUT2D eigenvalue weighted by atomic mass is 10.1. The lowest BCUT2D eigenvalue weighted by Crippen LogP contribution is -2.25. The van der Waals surface area contributed by atoms with Crippen molar-refractivity contribution in [1.29, 1.82) is 0 Å². The maximum Gasteiger partial charge on any atom is 0.257 e. The van der Waals surface area contributed by atoms with Crippen molar-refractivity contribution < 1.29 is 19.0 Å². The van der Waals surface area contributed by atoms with E-state index in [0.29, 0.717) is 32.6 Å². The minimum Gasteiger partial charge on any atom is -0.619 e. The summed E-state index contributed by atoms with van der Waals surface area (Å²) >= 11 is 1.31. The van der Waals surface area contributed by atoms with E-state index in [4.69, 9.17) is 9.47 Å². The van der Waals surface area contributed by atoms with Gasteiger partial charge in [-0.3, -0.25) is 10.1 Å². The summed E-state index contributed by atoms with van der Waals surface area (Å²) < 4.78 is 11.1. The van der Waals surface area contributed by atoms with Crippen LogP contribution in [0.2, 0.25) is 0 Å². The minimum atomic E-state index is -0.325. The summed E-state index contributed by atoms with van der Waals surface area (Å²) in [6.45, 7) is 0. The van der Waals surface area contributed by atoms with Crippen molar-refractivity contribution in [2.45, 2.75) is 0 Å². The molecule has 1 N–H and O–H groups in total. The molecule has 7 nitrogen and oxygen atoms in total. The second-order valence-corrected chi connectivity index (χ2v) is 5.87. The number of anilines is 1. The largest absolute Gasteiger partial charge is 0.619 e. The Hall–Kier alpha value is -3.13. The fourth-order valence-corrected chi connectivity index (χ4v) is 2.91. The number of carbonyl (C=O) groups excluding carboxylic acids is 1. The summed E-state index contributed by atoms with van der Waals surface area (Å²) in [7, 11) is 3.14. The molecule has 0 saturated heterocycles. The molecule has 3 rings (SSSR count). The number of benzene rings is 1. The van der Waals surface area contributed by atoms with Gasteiger partial charge in [0.2, 0.25) is 0 Å². The number of thiazole rings is 1. The maximum atomic E-state index is 12.2. The Morgan fingerprint density at radius 1 is 1.16 bits per heavy atom. The van der Waals surface area contributed by atoms with Gasteiger partial charge in [-0.1, -0.05) is 0 Å². The summed E-state index contributed by atoms with van der Waals surface area (Å²) in [5.41, 5.74) is 1.95. The molecule has 0 spiro atoms. The van der Waals surface area contributed by atoms with Crippen LogP contribution < -0.4 is 19.5 Å². The summed E-state index contributed by atoms with van der Waals surface area (Å²) in [5, 5.41) is 16.0. The second kappa shape index (κ2) is 7.18. The predicted octanol–water partition coefficient (Wildman–Crippen LogP) is 2.71. The first-order valence-electron chi connectivity index (χ1n) is 7.29. The monoisotopic (exact) mass is 357 g/mol. The fourth-order valence-electron chi connectivity index (χ4n) is 2.19. The number of pyridine rings is 1. The van der Waals surface area contributed by atoms with Crippen molar-refractivity contribution in [2.24, 2.45) is 0 Å². The van der Waals surface area contributed by atoms with Gasteiger partial charge < -0.3 is 14.7 Å². The number of methoxy groups -OCH3 is 2. The maximum absolute atomic E-state index is 12.2. The van der Waals surface area contributed by atoms with E-state index in [-0.39, 0.29) is 5.91 Å². The van der Waals surface area contributed by atoms with E-state index in [1.54, 1.807) is 20.3 Å². The molecule has 0 aliphatic rings. The molecule has 8 heteroatoms. The predicted molar refractivity (Wildman–Crippen MR) is 94.0 cm³/mol. The van der Waals surface area contributed by atoms with E-state index >= 15 is 0 Å². The molecule has 0 aliphatic carbocycles. The summed E-state index contributed by atoms with van der Waals surface area (Å²) in [4.78, 5) is 16.6. The molecule has 25 heavy (non-hydrogen) atoms. The van der Waals surface area contributed by atoms with Gasteiger partial charge in [-0.15, -0.1) is 11.3 Å². The molecule has 0 saturated carbocycles. The number of nitrogens with one attached hydrogen (secondary N) is 1. The molecule has 0 atom stereocenters. The average molecular weight is 357 g/mol. The normalized spacial score (nSPS) is 10.3. The molecule has 128 valence electrons. The third kappa shape index (κ3) is 3.69. The van der Waals surface area contributed by atoms with Crippen LogP contribution in [0.25, 0.3) is 11.3 Å². The quantitative estimate of drug-likeness (QED) is 0.560. The molecule has 0 fully saturated rings. The number of nitrogens with zero attached hydrogens (tertiary/aromatic N) is 2. The average Bonchev–Trinajstić information content (AvgIpc) is 3.10. The van der Waals surface area contributed by atoms with E-state index in [0.717, 1.165) is 5.56 Å². The topological polar surface area (TPSA) is 87.4 Å². The third-order valence-corrected chi connectivity index (χ3v) is 4.23. The van der Waals surface area contributed by atoms with Gasteiger partial charge in [-0.25, -0.2) is 4.98 Å². The standard InChI is InChI=1S/C17H15N3O4S/c1-23-14-4-3-12(9-15(14)24-2)13-10-25-17(18-13)19-16(21)11-5-7-20(22)8-6-11/h3-10H,1-2H3,(H,18,19,21). The molecule has 2 heterocycles. The summed E-state index contributed by atoms with van der Waals surface area (Å²) in [5.74, 6) is 0.914. The number of carbonyl (C=O) groups is 1.